The highest BCUT2D eigenvalue weighted by molar-refractivity contribution is 5.85. The summed E-state index contributed by atoms with van der Waals surface area (Å²) >= 11 is 0. The molecule has 5 rings (SSSR count). The van der Waals surface area contributed by atoms with E-state index in [1.54, 1.807) is 6.92 Å². The van der Waals surface area contributed by atoms with Crippen molar-refractivity contribution in [3.05, 3.63) is 24.3 Å². The summed E-state index contributed by atoms with van der Waals surface area (Å²) in [5, 5.41) is 10.6. The molecule has 9 atom stereocenters. The van der Waals surface area contributed by atoms with Crippen LogP contribution in [0.1, 0.15) is 46.5 Å². The van der Waals surface area contributed by atoms with E-state index in [2.05, 4.69) is 0 Å². The molecule has 202 valence electrons. The number of hydrogen-bond donors (Lipinski definition) is 1. The number of aliphatic hydroxyl groups excluding tert-OH is 1. The first-order valence-electron chi connectivity index (χ1n) is 12.9. The fourth-order valence-electron chi connectivity index (χ4n) is 6.85. The van der Waals surface area contributed by atoms with Crippen molar-refractivity contribution in [1.82, 2.24) is 0 Å². The van der Waals surface area contributed by atoms with Gasteiger partial charge in [0.25, 0.3) is 0 Å². The number of hydrogen-bond acceptors (Lipinski definition) is 10. The van der Waals surface area contributed by atoms with Gasteiger partial charge in [0.15, 0.2) is 6.10 Å². The van der Waals surface area contributed by atoms with Crippen LogP contribution >= 0.6 is 0 Å². The maximum Gasteiger partial charge on any atom is 0.335 e. The second-order valence-electron chi connectivity index (χ2n) is 11.3. The van der Waals surface area contributed by atoms with E-state index in [0.717, 1.165) is 0 Å². The highest BCUT2D eigenvalue weighted by atomic mass is 16.6. The monoisotopic (exact) mass is 518 g/mol. The average molecular weight is 519 g/mol. The Balaban J connectivity index is 1.54. The molecule has 2 saturated heterocycles. The SMILES string of the molecule is CC1CCOC(=O)/C=C/C=C\C(=O)O[C@@H]2C[C@H]3O[C@@H]4C[C@@H](C)C(=O)C[C@]4(COC(=O)C1O)[C@]2(C)C31CO1. The largest absolute Gasteiger partial charge is 0.463 e. The van der Waals surface area contributed by atoms with Crippen LogP contribution in [0, 0.1) is 22.7 Å². The van der Waals surface area contributed by atoms with Crippen molar-refractivity contribution < 1.29 is 48.0 Å². The predicted octanol–water partition coefficient (Wildman–Crippen LogP) is 1.43. The number of ether oxygens (including phenoxy) is 5. The van der Waals surface area contributed by atoms with Gasteiger partial charge in [0.05, 0.1) is 30.8 Å². The van der Waals surface area contributed by atoms with Crippen LogP contribution in [0.3, 0.4) is 0 Å². The van der Waals surface area contributed by atoms with Crippen LogP contribution in [0.15, 0.2) is 24.3 Å². The van der Waals surface area contributed by atoms with Crippen molar-refractivity contribution in [3.8, 4) is 0 Å². The number of allylic oxidation sites excluding steroid dienone is 2. The zero-order valence-corrected chi connectivity index (χ0v) is 21.3. The lowest BCUT2D eigenvalue weighted by Gasteiger charge is -2.59. The highest BCUT2D eigenvalue weighted by Gasteiger charge is 2.83. The number of Topliss-reactive ketones (excluding diaryl/α,β-unsaturated/α-hetero) is 1. The Kier molecular flexibility index (Phi) is 6.57. The Morgan fingerprint density at radius 3 is 2.32 bits per heavy atom. The number of aliphatic hydroxyl groups is 1. The molecular weight excluding hydrogens is 484 g/mol. The molecule has 10 heteroatoms. The first-order chi connectivity index (χ1) is 17.5. The van der Waals surface area contributed by atoms with E-state index < -0.39 is 58.6 Å². The van der Waals surface area contributed by atoms with Gasteiger partial charge < -0.3 is 28.8 Å². The number of ketones is 1. The summed E-state index contributed by atoms with van der Waals surface area (Å²) in [5.74, 6) is -2.80. The lowest BCUT2D eigenvalue weighted by molar-refractivity contribution is -0.253. The summed E-state index contributed by atoms with van der Waals surface area (Å²) in [6, 6.07) is 0. The normalized spacial score (nSPS) is 48.1. The van der Waals surface area contributed by atoms with Gasteiger partial charge in [-0.3, -0.25) is 4.79 Å². The van der Waals surface area contributed by atoms with Gasteiger partial charge >= 0.3 is 17.9 Å². The molecule has 3 aliphatic heterocycles. The number of esters is 3. The molecule has 3 unspecified atom stereocenters. The van der Waals surface area contributed by atoms with Crippen molar-refractivity contribution in [2.75, 3.05) is 19.8 Å². The molecular formula is C27H34O10. The van der Waals surface area contributed by atoms with Gasteiger partial charge in [0, 0.05) is 36.3 Å². The molecule has 4 fully saturated rings. The minimum atomic E-state index is -1.45. The zero-order valence-electron chi connectivity index (χ0n) is 21.3. The third kappa shape index (κ3) is 4.04. The standard InChI is InChI=1S/C27H34O10/c1-15-8-9-33-21(29)6-4-5-7-22(30)37-18-11-20-27(14-35-27)25(18,3)26(13-34-24(32)23(15)31)12-17(28)16(2)10-19(26)36-20/h4-7,15-16,18-20,23,31H,8-14H2,1-3H3/b6-4+,7-5-/t15?,16-,18-,19-,20-,23?,25-,26-,27?/m1/s1. The van der Waals surface area contributed by atoms with Crippen LogP contribution in [-0.2, 0) is 42.9 Å². The van der Waals surface area contributed by atoms with Crippen LogP contribution in [0.2, 0.25) is 0 Å². The zero-order chi connectivity index (χ0) is 26.6. The van der Waals surface area contributed by atoms with Gasteiger partial charge in [-0.05, 0) is 18.8 Å². The van der Waals surface area contributed by atoms with Crippen molar-refractivity contribution in [3.63, 3.8) is 0 Å². The average Bonchev–Trinajstić information content (AvgIpc) is 3.63. The van der Waals surface area contributed by atoms with Crippen molar-refractivity contribution in [2.24, 2.45) is 22.7 Å². The Labute approximate surface area is 215 Å². The quantitative estimate of drug-likeness (QED) is 0.285. The molecule has 0 radical (unpaired) electrons. The van der Waals surface area contributed by atoms with E-state index in [1.165, 1.54) is 24.3 Å². The van der Waals surface area contributed by atoms with Crippen LogP contribution < -0.4 is 0 Å². The third-order valence-corrected chi connectivity index (χ3v) is 9.42. The Bertz CT molecular complexity index is 1040. The Hall–Kier alpha value is -2.56. The molecule has 37 heavy (non-hydrogen) atoms. The van der Waals surface area contributed by atoms with Crippen molar-refractivity contribution >= 4 is 23.7 Å². The van der Waals surface area contributed by atoms with Gasteiger partial charge in [-0.1, -0.05) is 32.9 Å². The summed E-state index contributed by atoms with van der Waals surface area (Å²) in [6.07, 6.45) is 3.45. The van der Waals surface area contributed by atoms with E-state index in [-0.39, 0.29) is 43.9 Å². The predicted molar refractivity (Wildman–Crippen MR) is 126 cm³/mol. The van der Waals surface area contributed by atoms with Gasteiger partial charge in [-0.2, -0.15) is 0 Å². The molecule has 0 amide bonds. The molecule has 3 heterocycles. The Morgan fingerprint density at radius 1 is 0.919 bits per heavy atom. The maximum atomic E-state index is 13.2. The lowest BCUT2D eigenvalue weighted by Crippen LogP contribution is -2.69. The van der Waals surface area contributed by atoms with Crippen molar-refractivity contribution in [1.29, 1.82) is 0 Å². The topological polar surface area (TPSA) is 138 Å². The lowest BCUT2D eigenvalue weighted by atomic mass is 9.49. The molecule has 10 nitrogen and oxygen atoms in total. The first-order valence-corrected chi connectivity index (χ1v) is 12.9. The van der Waals surface area contributed by atoms with Gasteiger partial charge in [0.1, 0.15) is 24.1 Å². The van der Waals surface area contributed by atoms with E-state index >= 15 is 0 Å². The second-order valence-corrected chi connectivity index (χ2v) is 11.3. The summed E-state index contributed by atoms with van der Waals surface area (Å²) in [4.78, 5) is 50.8. The highest BCUT2D eigenvalue weighted by Crippen LogP contribution is 2.72. The van der Waals surface area contributed by atoms with Crippen LogP contribution in [0.5, 0.6) is 0 Å². The Morgan fingerprint density at radius 2 is 1.62 bits per heavy atom. The molecule has 0 aromatic rings. The minimum absolute atomic E-state index is 0.00627. The second kappa shape index (κ2) is 9.32. The smallest absolute Gasteiger partial charge is 0.335 e. The summed E-state index contributed by atoms with van der Waals surface area (Å²) in [7, 11) is 0. The number of carbonyl (C=O) groups is 4. The van der Waals surface area contributed by atoms with E-state index in [1.807, 2.05) is 13.8 Å². The van der Waals surface area contributed by atoms with Crippen LogP contribution in [-0.4, -0.2) is 78.6 Å². The van der Waals surface area contributed by atoms with Crippen LogP contribution in [0.4, 0.5) is 0 Å². The molecule has 1 N–H and O–H groups in total. The third-order valence-electron chi connectivity index (χ3n) is 9.42. The summed E-state index contributed by atoms with van der Waals surface area (Å²) in [6.45, 7) is 5.67. The van der Waals surface area contributed by atoms with Crippen LogP contribution in [0.25, 0.3) is 0 Å². The molecule has 2 bridgehead atoms. The first kappa shape index (κ1) is 26.1. The van der Waals surface area contributed by atoms with E-state index in [9.17, 15) is 24.3 Å². The molecule has 2 spiro atoms. The fourth-order valence-corrected chi connectivity index (χ4v) is 6.85. The number of epoxide rings is 1. The molecule has 2 saturated carbocycles. The van der Waals surface area contributed by atoms with E-state index in [0.29, 0.717) is 19.4 Å². The van der Waals surface area contributed by atoms with Gasteiger partial charge in [-0.15, -0.1) is 0 Å². The molecule has 2 aliphatic carbocycles. The molecule has 5 aliphatic rings. The minimum Gasteiger partial charge on any atom is -0.463 e. The van der Waals surface area contributed by atoms with E-state index in [4.69, 9.17) is 23.7 Å². The molecule has 0 aromatic heterocycles. The molecule has 0 aromatic carbocycles. The number of cyclic esters (lactones) is 2. The maximum absolute atomic E-state index is 13.2. The van der Waals surface area contributed by atoms with Crippen molar-refractivity contribution in [2.45, 2.75) is 76.5 Å². The van der Waals surface area contributed by atoms with Gasteiger partial charge in [0.2, 0.25) is 0 Å². The fraction of sp³-hybridized carbons (Fsp3) is 0.704. The van der Waals surface area contributed by atoms with Gasteiger partial charge in [-0.25, -0.2) is 14.4 Å². The summed E-state index contributed by atoms with van der Waals surface area (Å²) in [5.41, 5.74) is -2.65. The summed E-state index contributed by atoms with van der Waals surface area (Å²) < 4.78 is 29.3. The number of rotatable bonds is 0. The number of carbonyl (C=O) groups excluding carboxylic acids is 4.